The van der Waals surface area contributed by atoms with E-state index in [1.54, 1.807) is 32.0 Å². The summed E-state index contributed by atoms with van der Waals surface area (Å²) < 4.78 is 41.0. The number of hydrogen-bond donors (Lipinski definition) is 3. The third-order valence-corrected chi connectivity index (χ3v) is 7.05. The van der Waals surface area contributed by atoms with Crippen molar-refractivity contribution in [3.05, 3.63) is 52.6 Å². The minimum Gasteiger partial charge on any atom is -0.507 e. The molecule has 2 aromatic carbocycles. The van der Waals surface area contributed by atoms with Gasteiger partial charge >= 0.3 is 7.60 Å². The zero-order valence-electron chi connectivity index (χ0n) is 16.2. The molecule has 28 heavy (non-hydrogen) atoms. The molecule has 0 amide bonds. The fourth-order valence-electron chi connectivity index (χ4n) is 2.83. The van der Waals surface area contributed by atoms with Crippen molar-refractivity contribution in [1.82, 2.24) is 0 Å². The Morgan fingerprint density at radius 1 is 1.07 bits per heavy atom. The zero-order valence-corrected chi connectivity index (χ0v) is 17.9. The van der Waals surface area contributed by atoms with Crippen molar-refractivity contribution in [2.75, 3.05) is 6.35 Å². The molecular formula is C19H25O7PS. The normalized spacial score (nSPS) is 12.4. The maximum Gasteiger partial charge on any atom is 0.362 e. The van der Waals surface area contributed by atoms with E-state index < -0.39 is 29.0 Å². The largest absolute Gasteiger partial charge is 0.507 e. The Hall–Kier alpha value is -1.86. The van der Waals surface area contributed by atoms with Gasteiger partial charge in [-0.05, 0) is 80.6 Å². The first-order chi connectivity index (χ1) is 12.8. The predicted octanol–water partition coefficient (Wildman–Crippen LogP) is 3.30. The summed E-state index contributed by atoms with van der Waals surface area (Å²) in [5.74, 6) is 0.0861. The molecule has 7 nitrogen and oxygen atoms in total. The first-order valence-corrected chi connectivity index (χ1v) is 12.0. The van der Waals surface area contributed by atoms with Crippen LogP contribution in [0.2, 0.25) is 0 Å². The van der Waals surface area contributed by atoms with Crippen LogP contribution in [0.4, 0.5) is 0 Å². The van der Waals surface area contributed by atoms with Crippen LogP contribution in [-0.2, 0) is 20.8 Å². The van der Waals surface area contributed by atoms with E-state index in [0.717, 1.165) is 22.3 Å². The van der Waals surface area contributed by atoms with Crippen LogP contribution in [0, 0.1) is 13.8 Å². The highest BCUT2D eigenvalue weighted by Gasteiger charge is 2.23. The molecule has 2 aromatic rings. The van der Waals surface area contributed by atoms with E-state index in [1.807, 2.05) is 13.8 Å². The maximum absolute atomic E-state index is 12.4. The maximum atomic E-state index is 12.4. The second-order valence-corrected chi connectivity index (χ2v) is 11.1. The summed E-state index contributed by atoms with van der Waals surface area (Å²) in [6.07, 6.45) is -0.253. The number of sulfone groups is 1. The molecule has 0 aromatic heterocycles. The Balaban J connectivity index is 2.35. The Kier molecular flexibility index (Phi) is 6.61. The van der Waals surface area contributed by atoms with Crippen molar-refractivity contribution in [1.29, 1.82) is 0 Å². The number of phenolic OH excluding ortho intramolecular Hbond substituents is 1. The number of ether oxygens (including phenoxy) is 1. The molecule has 2 rings (SSSR count). The smallest absolute Gasteiger partial charge is 0.362 e. The van der Waals surface area contributed by atoms with Crippen molar-refractivity contribution in [3.63, 3.8) is 0 Å². The number of aryl methyl sites for hydroxylation is 2. The van der Waals surface area contributed by atoms with Crippen LogP contribution in [0.25, 0.3) is 0 Å². The molecule has 154 valence electrons. The lowest BCUT2D eigenvalue weighted by Gasteiger charge is -2.15. The Labute approximate surface area is 165 Å². The van der Waals surface area contributed by atoms with Crippen LogP contribution in [0.15, 0.2) is 35.2 Å². The number of rotatable bonds is 7. The summed E-state index contributed by atoms with van der Waals surface area (Å²) in [4.78, 5) is 17.8. The first kappa shape index (κ1) is 22.4. The first-order valence-electron chi connectivity index (χ1n) is 8.64. The molecule has 3 N–H and O–H groups in total. The van der Waals surface area contributed by atoms with E-state index in [0.29, 0.717) is 12.2 Å². The van der Waals surface area contributed by atoms with Crippen molar-refractivity contribution in [2.24, 2.45) is 0 Å². The van der Waals surface area contributed by atoms with Crippen LogP contribution >= 0.6 is 7.60 Å². The molecule has 0 aliphatic rings. The SMILES string of the molecule is Cc1cc(OCP(=O)(O)O)cc(C)c1Cc1ccc(O)c(S(=O)(=O)C(C)C)c1. The third-order valence-electron chi connectivity index (χ3n) is 4.40. The lowest BCUT2D eigenvalue weighted by Crippen LogP contribution is -2.14. The lowest BCUT2D eigenvalue weighted by atomic mass is 9.96. The van der Waals surface area contributed by atoms with Crippen LogP contribution in [0.1, 0.15) is 36.1 Å². The highest BCUT2D eigenvalue weighted by Crippen LogP contribution is 2.35. The molecule has 0 heterocycles. The number of phenols is 1. The van der Waals surface area contributed by atoms with Gasteiger partial charge in [-0.15, -0.1) is 0 Å². The quantitative estimate of drug-likeness (QED) is 0.579. The molecule has 0 unspecified atom stereocenters. The molecule has 0 aliphatic carbocycles. The summed E-state index contributed by atoms with van der Waals surface area (Å²) in [5, 5.41) is 9.35. The molecular weight excluding hydrogens is 403 g/mol. The number of hydrogen-bond acceptors (Lipinski definition) is 5. The molecule has 0 spiro atoms. The Morgan fingerprint density at radius 3 is 2.14 bits per heavy atom. The van der Waals surface area contributed by atoms with Crippen LogP contribution in [0.5, 0.6) is 11.5 Å². The Morgan fingerprint density at radius 2 is 1.64 bits per heavy atom. The average molecular weight is 428 g/mol. The molecule has 0 atom stereocenters. The van der Waals surface area contributed by atoms with Gasteiger partial charge in [0.2, 0.25) is 0 Å². The molecule has 0 radical (unpaired) electrons. The van der Waals surface area contributed by atoms with Crippen LogP contribution < -0.4 is 4.74 Å². The van der Waals surface area contributed by atoms with Gasteiger partial charge in [0.05, 0.1) is 5.25 Å². The van der Waals surface area contributed by atoms with E-state index in [-0.39, 0.29) is 10.6 Å². The summed E-state index contributed by atoms with van der Waals surface area (Å²) in [5.41, 5.74) is 3.37. The van der Waals surface area contributed by atoms with Gasteiger partial charge in [0, 0.05) is 0 Å². The minimum atomic E-state index is -4.27. The van der Waals surface area contributed by atoms with Gasteiger partial charge in [-0.2, -0.15) is 0 Å². The van der Waals surface area contributed by atoms with Gasteiger partial charge in [0.15, 0.2) is 16.2 Å². The monoisotopic (exact) mass is 428 g/mol. The van der Waals surface area contributed by atoms with Gasteiger partial charge in [0.25, 0.3) is 0 Å². The summed E-state index contributed by atoms with van der Waals surface area (Å²) in [6, 6.07) is 7.91. The van der Waals surface area contributed by atoms with E-state index in [9.17, 15) is 18.1 Å². The summed E-state index contributed by atoms with van der Waals surface area (Å²) in [6.45, 7) is 6.82. The molecule has 0 saturated heterocycles. The van der Waals surface area contributed by atoms with E-state index in [2.05, 4.69) is 0 Å². The average Bonchev–Trinajstić information content (AvgIpc) is 2.56. The van der Waals surface area contributed by atoms with Gasteiger partial charge in [-0.3, -0.25) is 4.57 Å². The third kappa shape index (κ3) is 5.35. The molecule has 9 heteroatoms. The highest BCUT2D eigenvalue weighted by atomic mass is 32.2. The van der Waals surface area contributed by atoms with Crippen LogP contribution in [-0.4, -0.2) is 34.9 Å². The minimum absolute atomic E-state index is 0.0862. The van der Waals surface area contributed by atoms with E-state index in [4.69, 9.17) is 14.5 Å². The van der Waals surface area contributed by atoms with Gasteiger partial charge in [0.1, 0.15) is 16.4 Å². The topological polar surface area (TPSA) is 121 Å². The molecule has 0 aliphatic heterocycles. The second-order valence-electron chi connectivity index (χ2n) is 7.05. The standard InChI is InChI=1S/C19H25O7PS/c1-12(2)28(24,25)19-10-15(5-6-18(19)20)9-17-13(3)7-16(8-14(17)4)26-11-27(21,22)23/h5-8,10,12,20H,9,11H2,1-4H3,(H2,21,22,23). The molecule has 0 bridgehead atoms. The Bertz CT molecular complexity index is 1000. The number of aromatic hydroxyl groups is 1. The van der Waals surface area contributed by atoms with Crippen molar-refractivity contribution in [3.8, 4) is 11.5 Å². The summed E-state index contributed by atoms with van der Waals surface area (Å²) >= 11 is 0. The zero-order chi connectivity index (χ0) is 21.3. The fraction of sp³-hybridized carbons (Fsp3) is 0.368. The van der Waals surface area contributed by atoms with Crippen molar-refractivity contribution >= 4 is 17.4 Å². The predicted molar refractivity (Wildman–Crippen MR) is 107 cm³/mol. The van der Waals surface area contributed by atoms with Crippen molar-refractivity contribution < 1.29 is 32.6 Å². The van der Waals surface area contributed by atoms with Gasteiger partial charge in [-0.25, -0.2) is 8.42 Å². The molecule has 0 fully saturated rings. The van der Waals surface area contributed by atoms with E-state index in [1.165, 1.54) is 12.1 Å². The summed E-state index contributed by atoms with van der Waals surface area (Å²) in [7, 11) is -7.88. The van der Waals surface area contributed by atoms with E-state index >= 15 is 0 Å². The number of benzene rings is 2. The fourth-order valence-corrected chi connectivity index (χ4v) is 4.33. The molecule has 0 saturated carbocycles. The van der Waals surface area contributed by atoms with Gasteiger partial charge < -0.3 is 19.6 Å². The van der Waals surface area contributed by atoms with Crippen molar-refractivity contribution in [2.45, 2.75) is 44.3 Å². The van der Waals surface area contributed by atoms with Gasteiger partial charge in [-0.1, -0.05) is 6.07 Å². The highest BCUT2D eigenvalue weighted by molar-refractivity contribution is 7.92. The lowest BCUT2D eigenvalue weighted by molar-refractivity contribution is 0.300. The second kappa shape index (κ2) is 8.25. The van der Waals surface area contributed by atoms with Crippen LogP contribution in [0.3, 0.4) is 0 Å².